The number of nitrogens with one attached hydrogen (secondary N) is 6. The maximum absolute atomic E-state index is 14.0. The van der Waals surface area contributed by atoms with Crippen LogP contribution in [0, 0.1) is 0 Å². The van der Waals surface area contributed by atoms with Gasteiger partial charge in [0.15, 0.2) is 23.3 Å². The fraction of sp³-hybridized carbons (Fsp3) is 0.227. The van der Waals surface area contributed by atoms with Crippen LogP contribution in [0.3, 0.4) is 0 Å². The number of rotatable bonds is 18. The monoisotopic (exact) mass is 1260 g/mol. The van der Waals surface area contributed by atoms with E-state index < -0.39 is 135 Å². The maximum atomic E-state index is 14.0. The molecule has 4 aromatic carbocycles. The number of hydrogen-bond acceptors (Lipinski definition) is 20. The van der Waals surface area contributed by atoms with Crippen molar-refractivity contribution in [2.75, 3.05) is 37.7 Å². The molecule has 12 N–H and O–H groups in total. The zero-order chi connectivity index (χ0) is 58.0. The zero-order valence-electron chi connectivity index (χ0n) is 40.0. The van der Waals surface area contributed by atoms with E-state index >= 15 is 0 Å². The SMILES string of the molecule is O=C(NCCS(=O)(=O)O)C(O)CNS(=O)(=O)c1ccc2c(c1Cl)-c1nc-2nc2[nH]c(nc3nc(nc4[nH]c(n1)c1ccc(CO)c(Cl)c41)-c1ccc(CO)c(Cl)c1-3)c1ccc(S(=O)(=O)NCC(O)C(=O)NCCS(=O)(=O)O)c(Cl)c21. The number of carbonyl (C=O) groups excluding carboxylic acids is 2. The van der Waals surface area contributed by atoms with Crippen molar-refractivity contribution in [1.29, 1.82) is 0 Å². The van der Waals surface area contributed by atoms with Gasteiger partial charge in [-0.15, -0.1) is 0 Å². The molecule has 0 radical (unpaired) electrons. The molecule has 5 heterocycles. The molecule has 36 heteroatoms. The minimum absolute atomic E-state index is 0.000442. The van der Waals surface area contributed by atoms with Crippen LogP contribution in [-0.2, 0) is 63.1 Å². The summed E-state index contributed by atoms with van der Waals surface area (Å²) in [6.45, 7) is -4.16. The Kier molecular flexibility index (Phi) is 16.3. The third-order valence-corrected chi connectivity index (χ3v) is 18.4. The van der Waals surface area contributed by atoms with E-state index in [0.717, 1.165) is 12.1 Å². The number of fused-ring (bicyclic) bond motifs is 20. The molecule has 2 amide bonds. The fourth-order valence-corrected chi connectivity index (χ4v) is 12.9. The van der Waals surface area contributed by atoms with E-state index in [2.05, 4.69) is 24.4 Å². The van der Waals surface area contributed by atoms with Crippen LogP contribution in [0.5, 0.6) is 0 Å². The van der Waals surface area contributed by atoms with Gasteiger partial charge in [-0.25, -0.2) is 56.2 Å². The Morgan fingerprint density at radius 1 is 0.500 bits per heavy atom. The molecule has 7 aromatic rings. The van der Waals surface area contributed by atoms with Crippen molar-refractivity contribution in [2.45, 2.75) is 35.2 Å². The molecule has 2 aliphatic heterocycles. The molecule has 0 spiro atoms. The van der Waals surface area contributed by atoms with Gasteiger partial charge in [-0.1, -0.05) is 64.6 Å². The lowest BCUT2D eigenvalue weighted by Crippen LogP contribution is -2.43. The molecule has 2 atom stereocenters. The minimum Gasteiger partial charge on any atom is -0.392 e. The van der Waals surface area contributed by atoms with Crippen molar-refractivity contribution in [3.63, 3.8) is 0 Å². The molecular formula is C44H38Cl4N12O16S4. The van der Waals surface area contributed by atoms with Crippen molar-refractivity contribution in [1.82, 2.24) is 59.9 Å². The number of benzene rings is 4. The van der Waals surface area contributed by atoms with E-state index in [1.165, 1.54) is 24.3 Å². The van der Waals surface area contributed by atoms with Crippen LogP contribution in [-0.4, -0.2) is 165 Å². The van der Waals surface area contributed by atoms with Gasteiger partial charge in [0.1, 0.15) is 44.6 Å². The van der Waals surface area contributed by atoms with Crippen molar-refractivity contribution < 1.29 is 72.8 Å². The standard InChI is InChI=1S/C44H38Cl4N12O16S4/c45-31-17(15-61)1-3-19-27(31)40-54-35(19)53-39-28-20(4-2-18(16-62)32(28)46)36(55-39)57-41-30-22(6-8-26(34(30)48)80(75,76)52-14-24(64)44(66)50-10-12-78(70,71)72)38(59-41)60-42-29-21(37(56-40)58-42)5-7-25(33(29)47)79(73,74)51-13-23(63)43(65)49-9-11-77(67,68)69/h1-8,23-24,51-52,61-64H,9-16H2,(H,49,65)(H,50,66)(H,67,68,69)(H,70,71,72)(H2,53,54,55,56,57,58,59,60). The molecule has 0 aliphatic carbocycles. The Morgan fingerprint density at radius 2 is 0.887 bits per heavy atom. The zero-order valence-corrected chi connectivity index (χ0v) is 46.3. The largest absolute Gasteiger partial charge is 0.392 e. The second kappa shape index (κ2) is 22.3. The summed E-state index contributed by atoms with van der Waals surface area (Å²) in [5.74, 6) is -4.87. The van der Waals surface area contributed by atoms with Crippen LogP contribution in [0.15, 0.2) is 58.3 Å². The van der Waals surface area contributed by atoms with Gasteiger partial charge < -0.3 is 41.0 Å². The molecule has 0 saturated heterocycles. The number of aliphatic hydroxyl groups is 4. The van der Waals surface area contributed by atoms with Crippen LogP contribution >= 0.6 is 46.4 Å². The molecule has 9 rings (SSSR count). The van der Waals surface area contributed by atoms with E-state index in [0.29, 0.717) is 5.56 Å². The average Bonchev–Trinajstić information content (AvgIpc) is 4.29. The third kappa shape index (κ3) is 11.7. The number of aliphatic hydroxyl groups excluding tert-OH is 4. The van der Waals surface area contributed by atoms with Gasteiger partial charge in [0.2, 0.25) is 31.9 Å². The molecule has 80 heavy (non-hydrogen) atoms. The summed E-state index contributed by atoms with van der Waals surface area (Å²) in [7, 11) is -18.5. The summed E-state index contributed by atoms with van der Waals surface area (Å²) in [6.07, 6.45) is -4.14. The predicted molar refractivity (Wildman–Crippen MR) is 289 cm³/mol. The summed E-state index contributed by atoms with van der Waals surface area (Å²) < 4.78 is 122. The number of halogens is 4. The highest BCUT2D eigenvalue weighted by Gasteiger charge is 2.32. The highest BCUT2D eigenvalue weighted by molar-refractivity contribution is 7.90. The Hall–Kier alpha value is -6.18. The van der Waals surface area contributed by atoms with E-state index in [4.69, 9.17) is 80.4 Å². The molecule has 8 bridgehead atoms. The van der Waals surface area contributed by atoms with Crippen LogP contribution in [0.1, 0.15) is 11.1 Å². The molecule has 2 aliphatic rings. The van der Waals surface area contributed by atoms with E-state index in [-0.39, 0.29) is 105 Å². The molecule has 0 saturated carbocycles. The van der Waals surface area contributed by atoms with Crippen molar-refractivity contribution in [2.24, 2.45) is 0 Å². The van der Waals surface area contributed by atoms with Gasteiger partial charge >= 0.3 is 0 Å². The summed E-state index contributed by atoms with van der Waals surface area (Å²) in [4.78, 5) is 58.4. The van der Waals surface area contributed by atoms with Crippen LogP contribution in [0.4, 0.5) is 0 Å². The number of sulfonamides is 2. The first-order chi connectivity index (χ1) is 37.6. The van der Waals surface area contributed by atoms with Gasteiger partial charge in [-0.05, 0) is 41.5 Å². The Bertz CT molecular complexity index is 4440. The van der Waals surface area contributed by atoms with E-state index in [1.54, 1.807) is 12.1 Å². The second-order valence-corrected chi connectivity index (χ2v) is 25.5. The van der Waals surface area contributed by atoms with Gasteiger partial charge in [-0.3, -0.25) is 18.7 Å². The Morgan fingerprint density at radius 3 is 1.36 bits per heavy atom. The highest BCUT2D eigenvalue weighted by Crippen LogP contribution is 2.45. The van der Waals surface area contributed by atoms with Crippen LogP contribution < -0.4 is 20.1 Å². The van der Waals surface area contributed by atoms with Crippen molar-refractivity contribution in [3.05, 3.63) is 79.7 Å². The number of amides is 2. The summed E-state index contributed by atoms with van der Waals surface area (Å²) >= 11 is 27.9. The normalized spacial score (nSPS) is 13.5. The molecule has 28 nitrogen and oxygen atoms in total. The Balaban J connectivity index is 1.27. The lowest BCUT2D eigenvalue weighted by molar-refractivity contribution is -0.129. The van der Waals surface area contributed by atoms with Crippen molar-refractivity contribution in [3.8, 4) is 45.6 Å². The van der Waals surface area contributed by atoms with Crippen molar-refractivity contribution >= 4 is 143 Å². The third-order valence-electron chi connectivity index (χ3n) is 12.1. The fourth-order valence-electron chi connectivity index (χ4n) is 8.26. The molecular weight excluding hydrogens is 1220 g/mol. The topological polar surface area (TPSA) is 449 Å². The number of hydrogen-bond donors (Lipinski definition) is 12. The van der Waals surface area contributed by atoms with Gasteiger partial charge in [0.05, 0.1) is 50.4 Å². The first kappa shape index (κ1) is 58.5. The number of aromatic nitrogens is 8. The smallest absolute Gasteiger partial charge is 0.266 e. The summed E-state index contributed by atoms with van der Waals surface area (Å²) in [5, 5.41) is 45.0. The predicted octanol–water partition coefficient (Wildman–Crippen LogP) is 1.75. The first-order valence-electron chi connectivity index (χ1n) is 22.7. The number of carbonyl (C=O) groups is 2. The van der Waals surface area contributed by atoms with Gasteiger partial charge in [0.25, 0.3) is 20.2 Å². The van der Waals surface area contributed by atoms with Crippen LogP contribution in [0.25, 0.3) is 89.7 Å². The van der Waals surface area contributed by atoms with Crippen LogP contribution in [0.2, 0.25) is 20.1 Å². The first-order valence-corrected chi connectivity index (χ1v) is 30.4. The molecule has 422 valence electrons. The molecule has 2 unspecified atom stereocenters. The summed E-state index contributed by atoms with van der Waals surface area (Å²) in [6, 6.07) is 10.8. The highest BCUT2D eigenvalue weighted by atomic mass is 35.5. The number of nitrogens with zero attached hydrogens (tertiary/aromatic N) is 6. The lowest BCUT2D eigenvalue weighted by atomic mass is 10.0. The second-order valence-electron chi connectivity index (χ2n) is 17.3. The van der Waals surface area contributed by atoms with E-state index in [1.807, 2.05) is 10.6 Å². The quantitative estimate of drug-likeness (QED) is 0.0544. The van der Waals surface area contributed by atoms with E-state index in [9.17, 15) is 63.7 Å². The molecule has 0 fully saturated rings. The summed E-state index contributed by atoms with van der Waals surface area (Å²) in [5.41, 5.74) is 0.513. The Labute approximate surface area is 470 Å². The number of H-pyrrole nitrogens is 2. The molecule has 3 aromatic heterocycles. The minimum atomic E-state index is -4.78. The lowest BCUT2D eigenvalue weighted by Gasteiger charge is -2.14. The number of aromatic amines is 2. The average molecular weight is 1260 g/mol. The van der Waals surface area contributed by atoms with Gasteiger partial charge in [-0.2, -0.15) is 16.8 Å². The van der Waals surface area contributed by atoms with Gasteiger partial charge in [0, 0.05) is 64.4 Å². The maximum Gasteiger partial charge on any atom is 0.266 e.